The SMILES string of the molecule is Cn1c(C(=O)O)cnc1Cc1ccccc1F. The van der Waals surface area contributed by atoms with Gasteiger partial charge < -0.3 is 9.67 Å². The van der Waals surface area contributed by atoms with E-state index >= 15 is 0 Å². The van der Waals surface area contributed by atoms with Crippen LogP contribution in [0.3, 0.4) is 0 Å². The second-order valence-corrected chi connectivity index (χ2v) is 3.69. The number of hydrogen-bond donors (Lipinski definition) is 1. The standard InChI is InChI=1S/C12H11FN2O2/c1-15-10(12(16)17)7-14-11(15)6-8-4-2-3-5-9(8)13/h2-5,7H,6H2,1H3,(H,16,17). The van der Waals surface area contributed by atoms with Crippen molar-refractivity contribution in [2.75, 3.05) is 0 Å². The van der Waals surface area contributed by atoms with Gasteiger partial charge in [-0.2, -0.15) is 0 Å². The maximum Gasteiger partial charge on any atom is 0.354 e. The van der Waals surface area contributed by atoms with Crippen LogP contribution in [0.1, 0.15) is 21.9 Å². The van der Waals surface area contributed by atoms with Gasteiger partial charge in [-0.15, -0.1) is 0 Å². The average molecular weight is 234 g/mol. The molecular formula is C12H11FN2O2. The highest BCUT2D eigenvalue weighted by Crippen LogP contribution is 2.13. The van der Waals surface area contributed by atoms with Crippen molar-refractivity contribution >= 4 is 5.97 Å². The summed E-state index contributed by atoms with van der Waals surface area (Å²) in [4.78, 5) is 14.8. The predicted octanol–water partition coefficient (Wildman–Crippen LogP) is 1.85. The Bertz CT molecular complexity index is 563. The maximum absolute atomic E-state index is 13.4. The molecule has 0 saturated carbocycles. The highest BCUT2D eigenvalue weighted by Gasteiger charge is 2.13. The second kappa shape index (κ2) is 4.37. The predicted molar refractivity (Wildman–Crippen MR) is 59.4 cm³/mol. The topological polar surface area (TPSA) is 55.1 Å². The van der Waals surface area contributed by atoms with Gasteiger partial charge in [0.05, 0.1) is 6.20 Å². The van der Waals surface area contributed by atoms with Crippen molar-refractivity contribution in [2.24, 2.45) is 7.05 Å². The molecule has 0 atom stereocenters. The lowest BCUT2D eigenvalue weighted by atomic mass is 10.1. The molecule has 0 aliphatic rings. The number of aromatic carboxylic acids is 1. The number of carboxylic acids is 1. The van der Waals surface area contributed by atoms with E-state index in [-0.39, 0.29) is 17.9 Å². The Morgan fingerprint density at radius 1 is 1.47 bits per heavy atom. The number of aromatic nitrogens is 2. The summed E-state index contributed by atoms with van der Waals surface area (Å²) in [6.07, 6.45) is 1.55. The molecule has 5 heteroatoms. The van der Waals surface area contributed by atoms with Gasteiger partial charge >= 0.3 is 5.97 Å². The van der Waals surface area contributed by atoms with Crippen LogP contribution in [0.4, 0.5) is 4.39 Å². The number of imidazole rings is 1. The minimum atomic E-state index is -1.04. The van der Waals surface area contributed by atoms with Crippen LogP contribution in [-0.2, 0) is 13.5 Å². The summed E-state index contributed by atoms with van der Waals surface area (Å²) in [6.45, 7) is 0. The molecule has 4 nitrogen and oxygen atoms in total. The van der Waals surface area contributed by atoms with Crippen LogP contribution in [0.15, 0.2) is 30.5 Å². The molecule has 17 heavy (non-hydrogen) atoms. The lowest BCUT2D eigenvalue weighted by Crippen LogP contribution is -2.08. The van der Waals surface area contributed by atoms with Crippen molar-refractivity contribution in [1.82, 2.24) is 9.55 Å². The second-order valence-electron chi connectivity index (χ2n) is 3.69. The normalized spacial score (nSPS) is 10.5. The Labute approximate surface area is 97.3 Å². The van der Waals surface area contributed by atoms with Crippen molar-refractivity contribution in [3.8, 4) is 0 Å². The molecule has 0 bridgehead atoms. The van der Waals surface area contributed by atoms with Gasteiger partial charge in [0.15, 0.2) is 0 Å². The van der Waals surface area contributed by atoms with E-state index in [1.807, 2.05) is 0 Å². The summed E-state index contributed by atoms with van der Waals surface area (Å²) in [6, 6.07) is 6.38. The molecule has 0 aliphatic heterocycles. The van der Waals surface area contributed by atoms with E-state index in [0.717, 1.165) is 0 Å². The minimum absolute atomic E-state index is 0.0938. The van der Waals surface area contributed by atoms with E-state index < -0.39 is 5.97 Å². The lowest BCUT2D eigenvalue weighted by molar-refractivity contribution is 0.0686. The van der Waals surface area contributed by atoms with E-state index in [0.29, 0.717) is 11.4 Å². The van der Waals surface area contributed by atoms with Crippen LogP contribution in [0, 0.1) is 5.82 Å². The van der Waals surface area contributed by atoms with Crippen molar-refractivity contribution in [1.29, 1.82) is 0 Å². The largest absolute Gasteiger partial charge is 0.477 e. The van der Waals surface area contributed by atoms with Crippen LogP contribution in [0.2, 0.25) is 0 Å². The van der Waals surface area contributed by atoms with Crippen LogP contribution < -0.4 is 0 Å². The van der Waals surface area contributed by atoms with Crippen LogP contribution >= 0.6 is 0 Å². The first-order chi connectivity index (χ1) is 8.09. The Kier molecular flexibility index (Phi) is 2.91. The van der Waals surface area contributed by atoms with Gasteiger partial charge in [-0.25, -0.2) is 14.2 Å². The third kappa shape index (κ3) is 2.18. The summed E-state index contributed by atoms with van der Waals surface area (Å²) < 4.78 is 14.9. The van der Waals surface area contributed by atoms with Gasteiger partial charge in [0.1, 0.15) is 17.3 Å². The van der Waals surface area contributed by atoms with Crippen LogP contribution in [0.5, 0.6) is 0 Å². The fourth-order valence-corrected chi connectivity index (χ4v) is 1.62. The van der Waals surface area contributed by atoms with Crippen molar-refractivity contribution in [3.05, 3.63) is 53.4 Å². The van der Waals surface area contributed by atoms with E-state index in [1.165, 1.54) is 16.8 Å². The smallest absolute Gasteiger partial charge is 0.354 e. The molecule has 0 unspecified atom stereocenters. The quantitative estimate of drug-likeness (QED) is 0.881. The summed E-state index contributed by atoms with van der Waals surface area (Å²) in [5.74, 6) is -0.834. The minimum Gasteiger partial charge on any atom is -0.477 e. The molecule has 88 valence electrons. The maximum atomic E-state index is 13.4. The summed E-state index contributed by atoms with van der Waals surface area (Å²) in [5, 5.41) is 8.86. The highest BCUT2D eigenvalue weighted by atomic mass is 19.1. The molecule has 2 rings (SSSR count). The van der Waals surface area contributed by atoms with Crippen LogP contribution in [-0.4, -0.2) is 20.6 Å². The molecule has 0 radical (unpaired) electrons. The molecule has 0 aliphatic carbocycles. The van der Waals surface area contributed by atoms with Gasteiger partial charge in [-0.05, 0) is 11.6 Å². The average Bonchev–Trinajstić information content (AvgIpc) is 2.64. The number of nitrogens with zero attached hydrogens (tertiary/aromatic N) is 2. The van der Waals surface area contributed by atoms with E-state index in [2.05, 4.69) is 4.98 Å². The number of carboxylic acid groups (broad SMARTS) is 1. The summed E-state index contributed by atoms with van der Waals surface area (Å²) in [7, 11) is 1.60. The Morgan fingerprint density at radius 3 is 2.76 bits per heavy atom. The van der Waals surface area contributed by atoms with Gasteiger partial charge in [0.25, 0.3) is 0 Å². The first-order valence-corrected chi connectivity index (χ1v) is 5.07. The zero-order valence-corrected chi connectivity index (χ0v) is 9.22. The van der Waals surface area contributed by atoms with Crippen molar-refractivity contribution in [2.45, 2.75) is 6.42 Å². The fourth-order valence-electron chi connectivity index (χ4n) is 1.62. The third-order valence-corrected chi connectivity index (χ3v) is 2.61. The molecule has 0 saturated heterocycles. The van der Waals surface area contributed by atoms with Crippen molar-refractivity contribution < 1.29 is 14.3 Å². The summed E-state index contributed by atoms with van der Waals surface area (Å²) >= 11 is 0. The highest BCUT2D eigenvalue weighted by molar-refractivity contribution is 5.85. The molecule has 1 N–H and O–H groups in total. The van der Waals surface area contributed by atoms with Crippen molar-refractivity contribution in [3.63, 3.8) is 0 Å². The van der Waals surface area contributed by atoms with E-state index in [9.17, 15) is 9.18 Å². The summed E-state index contributed by atoms with van der Waals surface area (Å²) in [5.41, 5.74) is 0.592. The van der Waals surface area contributed by atoms with Crippen LogP contribution in [0.25, 0.3) is 0 Å². The Morgan fingerprint density at radius 2 is 2.18 bits per heavy atom. The number of rotatable bonds is 3. The molecule has 0 amide bonds. The molecule has 1 aromatic carbocycles. The molecule has 0 spiro atoms. The molecule has 1 aromatic heterocycles. The lowest BCUT2D eigenvalue weighted by Gasteiger charge is -2.04. The molecule has 1 heterocycles. The van der Waals surface area contributed by atoms with Gasteiger partial charge in [-0.1, -0.05) is 18.2 Å². The first-order valence-electron chi connectivity index (χ1n) is 5.07. The van der Waals surface area contributed by atoms with E-state index in [1.54, 1.807) is 25.2 Å². The monoisotopic (exact) mass is 234 g/mol. The molecule has 0 fully saturated rings. The number of carbonyl (C=O) groups is 1. The van der Waals surface area contributed by atoms with E-state index in [4.69, 9.17) is 5.11 Å². The Hall–Kier alpha value is -2.17. The van der Waals surface area contributed by atoms with Gasteiger partial charge in [0.2, 0.25) is 0 Å². The zero-order valence-electron chi connectivity index (χ0n) is 9.22. The third-order valence-electron chi connectivity index (χ3n) is 2.61. The number of hydrogen-bond acceptors (Lipinski definition) is 2. The zero-order chi connectivity index (χ0) is 12.4. The number of benzene rings is 1. The van der Waals surface area contributed by atoms with Gasteiger partial charge in [0, 0.05) is 13.5 Å². The Balaban J connectivity index is 2.31. The van der Waals surface area contributed by atoms with Gasteiger partial charge in [-0.3, -0.25) is 0 Å². The first kappa shape index (κ1) is 11.3. The number of halogens is 1. The molecule has 2 aromatic rings. The molecular weight excluding hydrogens is 223 g/mol. The fraction of sp³-hybridized carbons (Fsp3) is 0.167.